The molecular weight excluding hydrogens is 282 g/mol. The number of carbonyl (C=O) groups excluding carboxylic acids is 2. The Balaban J connectivity index is 2.12. The molecule has 2 heterocycles. The lowest BCUT2D eigenvalue weighted by atomic mass is 10.3. The molecule has 0 unspecified atom stereocenters. The molecular formula is C12H13N3O4S. The Morgan fingerprint density at radius 3 is 2.80 bits per heavy atom. The van der Waals surface area contributed by atoms with Gasteiger partial charge in [0.25, 0.3) is 11.7 Å². The number of esters is 1. The van der Waals surface area contributed by atoms with E-state index in [0.29, 0.717) is 22.4 Å². The Hall–Kier alpha value is -2.22. The van der Waals surface area contributed by atoms with Crippen molar-refractivity contribution in [2.45, 2.75) is 20.8 Å². The van der Waals surface area contributed by atoms with Gasteiger partial charge in [0.05, 0.1) is 11.6 Å². The zero-order chi connectivity index (χ0) is 14.7. The van der Waals surface area contributed by atoms with Gasteiger partial charge in [-0.25, -0.2) is 4.79 Å². The summed E-state index contributed by atoms with van der Waals surface area (Å²) in [5.41, 5.74) is 0.744. The summed E-state index contributed by atoms with van der Waals surface area (Å²) >= 11 is 1.14. The minimum atomic E-state index is -0.487. The highest BCUT2D eigenvalue weighted by atomic mass is 32.1. The van der Waals surface area contributed by atoms with Crippen LogP contribution >= 0.6 is 11.3 Å². The predicted octanol–water partition coefficient (Wildman–Crippen LogP) is 2.18. The fraction of sp³-hybridized carbons (Fsp3) is 0.333. The van der Waals surface area contributed by atoms with Gasteiger partial charge in [0, 0.05) is 6.92 Å². The van der Waals surface area contributed by atoms with Crippen LogP contribution in [-0.4, -0.2) is 28.6 Å². The number of aromatic nitrogens is 2. The molecule has 0 atom stereocenters. The normalized spacial score (nSPS) is 10.3. The maximum absolute atomic E-state index is 11.8. The van der Waals surface area contributed by atoms with Gasteiger partial charge in [-0.05, 0) is 25.5 Å². The lowest BCUT2D eigenvalue weighted by Crippen LogP contribution is -2.12. The van der Waals surface area contributed by atoms with Crippen molar-refractivity contribution in [2.75, 3.05) is 11.9 Å². The summed E-state index contributed by atoms with van der Waals surface area (Å²) < 4.78 is 9.66. The number of carbonyl (C=O) groups is 2. The predicted molar refractivity (Wildman–Crippen MR) is 72.0 cm³/mol. The van der Waals surface area contributed by atoms with Crippen LogP contribution in [0.2, 0.25) is 0 Å². The van der Waals surface area contributed by atoms with Gasteiger partial charge in [0.15, 0.2) is 0 Å². The second-order valence-corrected chi connectivity index (χ2v) is 4.99. The maximum atomic E-state index is 11.8. The first-order chi connectivity index (χ1) is 9.51. The first-order valence-corrected chi connectivity index (χ1v) is 6.72. The molecule has 8 heteroatoms. The lowest BCUT2D eigenvalue weighted by molar-refractivity contribution is 0.0531. The molecule has 2 aromatic heterocycles. The van der Waals surface area contributed by atoms with E-state index in [9.17, 15) is 9.59 Å². The van der Waals surface area contributed by atoms with Crippen molar-refractivity contribution < 1.29 is 18.8 Å². The second-order valence-electron chi connectivity index (χ2n) is 3.93. The van der Waals surface area contributed by atoms with E-state index in [2.05, 4.69) is 15.5 Å². The molecule has 106 valence electrons. The minimum absolute atomic E-state index is 0.0498. The molecule has 0 saturated carbocycles. The summed E-state index contributed by atoms with van der Waals surface area (Å²) in [6.07, 6.45) is 0. The molecule has 0 aromatic carbocycles. The Morgan fingerprint density at radius 2 is 2.20 bits per heavy atom. The molecule has 1 N–H and O–H groups in total. The summed E-state index contributed by atoms with van der Waals surface area (Å²) in [6, 6.07) is 1.70. The van der Waals surface area contributed by atoms with Crippen LogP contribution in [-0.2, 0) is 4.74 Å². The number of aryl methyl sites for hydroxylation is 2. The van der Waals surface area contributed by atoms with Crippen LogP contribution in [0.15, 0.2) is 10.6 Å². The third-order valence-corrected chi connectivity index (χ3v) is 3.48. The average molecular weight is 295 g/mol. The molecule has 0 aliphatic carbocycles. The number of ether oxygens (including phenoxy) is 1. The molecule has 0 saturated heterocycles. The van der Waals surface area contributed by atoms with Crippen molar-refractivity contribution in [3.63, 3.8) is 0 Å². The Labute approximate surface area is 118 Å². The number of hydrogen-bond acceptors (Lipinski definition) is 7. The van der Waals surface area contributed by atoms with Gasteiger partial charge in [-0.15, -0.1) is 11.3 Å². The number of amides is 1. The van der Waals surface area contributed by atoms with Gasteiger partial charge >= 0.3 is 5.97 Å². The van der Waals surface area contributed by atoms with Crippen LogP contribution in [0.4, 0.5) is 5.00 Å². The second kappa shape index (κ2) is 5.83. The summed E-state index contributed by atoms with van der Waals surface area (Å²) in [4.78, 5) is 27.8. The molecule has 0 radical (unpaired) electrons. The van der Waals surface area contributed by atoms with Crippen LogP contribution in [0, 0.1) is 13.8 Å². The van der Waals surface area contributed by atoms with Crippen molar-refractivity contribution in [3.8, 4) is 0 Å². The van der Waals surface area contributed by atoms with Crippen molar-refractivity contribution in [2.24, 2.45) is 0 Å². The van der Waals surface area contributed by atoms with Crippen LogP contribution in [0.3, 0.4) is 0 Å². The molecule has 2 aromatic rings. The molecule has 2 rings (SSSR count). The molecule has 0 fully saturated rings. The first kappa shape index (κ1) is 14.2. The van der Waals surface area contributed by atoms with Crippen molar-refractivity contribution >= 4 is 28.2 Å². The van der Waals surface area contributed by atoms with Crippen LogP contribution in [0.25, 0.3) is 0 Å². The summed E-state index contributed by atoms with van der Waals surface area (Å²) in [6.45, 7) is 5.41. The summed E-state index contributed by atoms with van der Waals surface area (Å²) in [5.74, 6) is -0.625. The molecule has 0 bridgehead atoms. The van der Waals surface area contributed by atoms with Crippen molar-refractivity contribution in [1.29, 1.82) is 0 Å². The third kappa shape index (κ3) is 3.02. The lowest BCUT2D eigenvalue weighted by Gasteiger charge is -1.99. The Morgan fingerprint density at radius 1 is 1.45 bits per heavy atom. The minimum Gasteiger partial charge on any atom is -0.462 e. The van der Waals surface area contributed by atoms with E-state index in [-0.39, 0.29) is 5.82 Å². The van der Waals surface area contributed by atoms with Gasteiger partial charge in [0.2, 0.25) is 5.89 Å². The van der Waals surface area contributed by atoms with Crippen molar-refractivity contribution in [1.82, 2.24) is 10.1 Å². The molecule has 20 heavy (non-hydrogen) atoms. The number of hydrogen-bond donors (Lipinski definition) is 1. The molecule has 0 aliphatic rings. The number of thiophene rings is 1. The monoisotopic (exact) mass is 295 g/mol. The third-order valence-electron chi connectivity index (χ3n) is 2.35. The number of nitrogens with one attached hydrogen (secondary N) is 1. The van der Waals surface area contributed by atoms with E-state index in [1.165, 1.54) is 0 Å². The fourth-order valence-electron chi connectivity index (χ4n) is 1.50. The van der Waals surface area contributed by atoms with E-state index in [0.717, 1.165) is 16.9 Å². The Bertz CT molecular complexity index is 647. The topological polar surface area (TPSA) is 94.3 Å². The first-order valence-electron chi connectivity index (χ1n) is 5.90. The fourth-order valence-corrected chi connectivity index (χ4v) is 2.46. The van der Waals surface area contributed by atoms with Crippen molar-refractivity contribution in [3.05, 3.63) is 28.2 Å². The quantitative estimate of drug-likeness (QED) is 0.869. The molecule has 0 aliphatic heterocycles. The highest BCUT2D eigenvalue weighted by Gasteiger charge is 2.18. The Kier molecular flexibility index (Phi) is 4.14. The molecule has 0 spiro atoms. The highest BCUT2D eigenvalue weighted by molar-refractivity contribution is 7.18. The van der Waals surface area contributed by atoms with E-state index in [1.54, 1.807) is 26.8 Å². The van der Waals surface area contributed by atoms with Gasteiger partial charge in [-0.3, -0.25) is 4.79 Å². The van der Waals surface area contributed by atoms with Gasteiger partial charge < -0.3 is 14.6 Å². The smallest absolute Gasteiger partial charge is 0.348 e. The number of rotatable bonds is 4. The van der Waals surface area contributed by atoms with Crippen LogP contribution < -0.4 is 5.32 Å². The van der Waals surface area contributed by atoms with Crippen LogP contribution in [0.5, 0.6) is 0 Å². The van der Waals surface area contributed by atoms with E-state index in [1.807, 2.05) is 0 Å². The van der Waals surface area contributed by atoms with E-state index in [4.69, 9.17) is 9.26 Å². The molecule has 7 nitrogen and oxygen atoms in total. The van der Waals surface area contributed by atoms with E-state index < -0.39 is 11.9 Å². The highest BCUT2D eigenvalue weighted by Crippen LogP contribution is 2.27. The maximum Gasteiger partial charge on any atom is 0.348 e. The largest absolute Gasteiger partial charge is 0.462 e. The number of anilines is 1. The average Bonchev–Trinajstić information content (AvgIpc) is 2.96. The van der Waals surface area contributed by atoms with Gasteiger partial charge in [-0.1, -0.05) is 5.16 Å². The molecule has 1 amide bonds. The summed E-state index contributed by atoms with van der Waals surface area (Å²) in [5, 5.41) is 6.66. The number of nitrogens with zero attached hydrogens (tertiary/aromatic N) is 2. The van der Waals surface area contributed by atoms with E-state index >= 15 is 0 Å². The van der Waals surface area contributed by atoms with Gasteiger partial charge in [0.1, 0.15) is 4.88 Å². The van der Waals surface area contributed by atoms with Gasteiger partial charge in [-0.2, -0.15) is 4.98 Å². The zero-order valence-corrected chi connectivity index (χ0v) is 12.0. The summed E-state index contributed by atoms with van der Waals surface area (Å²) in [7, 11) is 0. The standard InChI is InChI=1S/C12H13N3O4S/c1-4-18-12(17)9-6(2)5-8(20-9)14-11(16)10-13-7(3)19-15-10/h5H,4H2,1-3H3,(H,14,16). The SMILES string of the molecule is CCOC(=O)c1sc(NC(=O)c2noc(C)n2)cc1C. The van der Waals surface area contributed by atoms with Crippen LogP contribution in [0.1, 0.15) is 38.7 Å². The zero-order valence-electron chi connectivity index (χ0n) is 11.2.